The average molecular weight is 213 g/mol. The zero-order valence-corrected chi connectivity index (χ0v) is 10.8. The van der Waals surface area contributed by atoms with Crippen LogP contribution in [0.3, 0.4) is 0 Å². The Labute approximate surface area is 94.8 Å². The Balaban J connectivity index is 2.22. The summed E-state index contributed by atoms with van der Waals surface area (Å²) >= 11 is 0. The van der Waals surface area contributed by atoms with Crippen molar-refractivity contribution < 1.29 is 4.74 Å². The summed E-state index contributed by atoms with van der Waals surface area (Å²) in [7, 11) is 0. The average Bonchev–Trinajstić information content (AvgIpc) is 2.05. The van der Waals surface area contributed by atoms with E-state index in [9.17, 15) is 0 Å². The Kier molecular flexibility index (Phi) is 5.07. The highest BCUT2D eigenvalue weighted by Gasteiger charge is 2.23. The Morgan fingerprint density at radius 3 is 2.40 bits per heavy atom. The van der Waals surface area contributed by atoms with Gasteiger partial charge in [0.2, 0.25) is 0 Å². The molecule has 90 valence electrons. The lowest BCUT2D eigenvalue weighted by molar-refractivity contribution is -0.0551. The number of nitrogens with one attached hydrogen (secondary N) is 1. The van der Waals surface area contributed by atoms with Gasteiger partial charge in [0.05, 0.1) is 12.2 Å². The maximum absolute atomic E-state index is 6.06. The first kappa shape index (κ1) is 13.0. The van der Waals surface area contributed by atoms with Crippen molar-refractivity contribution in [2.45, 2.75) is 77.5 Å². The van der Waals surface area contributed by atoms with E-state index in [4.69, 9.17) is 4.74 Å². The van der Waals surface area contributed by atoms with Crippen LogP contribution in [0.2, 0.25) is 0 Å². The van der Waals surface area contributed by atoms with Gasteiger partial charge in [-0.15, -0.1) is 0 Å². The largest absolute Gasteiger partial charge is 0.374 e. The Hall–Kier alpha value is -0.0800. The molecular formula is C13H27NO. The molecule has 1 atom stereocenters. The zero-order valence-electron chi connectivity index (χ0n) is 10.8. The molecule has 0 aromatic heterocycles. The summed E-state index contributed by atoms with van der Waals surface area (Å²) in [6.07, 6.45) is 7.27. The van der Waals surface area contributed by atoms with Crippen LogP contribution in [-0.2, 0) is 4.74 Å². The highest BCUT2D eigenvalue weighted by Crippen LogP contribution is 2.24. The van der Waals surface area contributed by atoms with Crippen LogP contribution in [0.4, 0.5) is 0 Å². The fourth-order valence-electron chi connectivity index (χ4n) is 1.74. The molecule has 1 aliphatic rings. The third-order valence-corrected chi connectivity index (χ3v) is 2.91. The molecule has 0 bridgehead atoms. The fourth-order valence-corrected chi connectivity index (χ4v) is 1.74. The van der Waals surface area contributed by atoms with Crippen LogP contribution in [0.1, 0.15) is 59.8 Å². The quantitative estimate of drug-likeness (QED) is 0.732. The SMILES string of the molecule is CCCC(CNC(C)(C)C)OC1CCC1. The lowest BCUT2D eigenvalue weighted by atomic mass is 9.96. The van der Waals surface area contributed by atoms with Crippen LogP contribution < -0.4 is 5.32 Å². The van der Waals surface area contributed by atoms with Crippen LogP contribution in [0.25, 0.3) is 0 Å². The Morgan fingerprint density at radius 2 is 2.00 bits per heavy atom. The van der Waals surface area contributed by atoms with E-state index in [-0.39, 0.29) is 5.54 Å². The molecule has 0 spiro atoms. The lowest BCUT2D eigenvalue weighted by Crippen LogP contribution is -2.43. The van der Waals surface area contributed by atoms with E-state index in [0.717, 1.165) is 6.54 Å². The van der Waals surface area contributed by atoms with Crippen LogP contribution in [-0.4, -0.2) is 24.3 Å². The Bertz CT molecular complexity index is 170. The normalized spacial score (nSPS) is 20.0. The third-order valence-electron chi connectivity index (χ3n) is 2.91. The molecule has 2 heteroatoms. The first-order chi connectivity index (χ1) is 7.01. The van der Waals surface area contributed by atoms with Crippen LogP contribution >= 0.6 is 0 Å². The lowest BCUT2D eigenvalue weighted by Gasteiger charge is -2.32. The number of rotatable bonds is 6. The van der Waals surface area contributed by atoms with Crippen molar-refractivity contribution in [3.63, 3.8) is 0 Å². The van der Waals surface area contributed by atoms with Gasteiger partial charge in [-0.2, -0.15) is 0 Å². The molecule has 0 radical (unpaired) electrons. The third kappa shape index (κ3) is 5.53. The van der Waals surface area contributed by atoms with Crippen LogP contribution in [0, 0.1) is 0 Å². The van der Waals surface area contributed by atoms with Crippen molar-refractivity contribution in [2.24, 2.45) is 0 Å². The van der Waals surface area contributed by atoms with Crippen LogP contribution in [0.5, 0.6) is 0 Å². The van der Waals surface area contributed by atoms with Gasteiger partial charge in [-0.05, 0) is 46.5 Å². The summed E-state index contributed by atoms with van der Waals surface area (Å²) in [5.41, 5.74) is 0.203. The zero-order chi connectivity index (χ0) is 11.3. The molecule has 1 saturated carbocycles. The number of hydrogen-bond donors (Lipinski definition) is 1. The first-order valence-electron chi connectivity index (χ1n) is 6.42. The van der Waals surface area contributed by atoms with Crippen molar-refractivity contribution >= 4 is 0 Å². The minimum atomic E-state index is 0.203. The van der Waals surface area contributed by atoms with E-state index >= 15 is 0 Å². The number of hydrogen-bond acceptors (Lipinski definition) is 2. The molecule has 1 rings (SSSR count). The summed E-state index contributed by atoms with van der Waals surface area (Å²) in [5.74, 6) is 0. The molecule has 0 heterocycles. The van der Waals surface area contributed by atoms with Gasteiger partial charge < -0.3 is 10.1 Å². The van der Waals surface area contributed by atoms with E-state index in [1.165, 1.54) is 32.1 Å². The summed E-state index contributed by atoms with van der Waals surface area (Å²) in [6, 6.07) is 0. The highest BCUT2D eigenvalue weighted by molar-refractivity contribution is 4.76. The van der Waals surface area contributed by atoms with E-state index in [1.807, 2.05) is 0 Å². The molecule has 0 amide bonds. The Morgan fingerprint density at radius 1 is 1.33 bits per heavy atom. The molecule has 2 nitrogen and oxygen atoms in total. The fraction of sp³-hybridized carbons (Fsp3) is 1.00. The molecule has 1 fully saturated rings. The molecule has 0 saturated heterocycles. The minimum absolute atomic E-state index is 0.203. The molecule has 0 aliphatic heterocycles. The second-order valence-electron chi connectivity index (χ2n) is 5.73. The van der Waals surface area contributed by atoms with Gasteiger partial charge in [-0.3, -0.25) is 0 Å². The van der Waals surface area contributed by atoms with Gasteiger partial charge >= 0.3 is 0 Å². The summed E-state index contributed by atoms with van der Waals surface area (Å²) in [5, 5.41) is 3.54. The van der Waals surface area contributed by atoms with E-state index in [2.05, 4.69) is 33.0 Å². The first-order valence-corrected chi connectivity index (χ1v) is 6.42. The van der Waals surface area contributed by atoms with Gasteiger partial charge in [0.25, 0.3) is 0 Å². The van der Waals surface area contributed by atoms with Gasteiger partial charge in [0.1, 0.15) is 0 Å². The standard InChI is InChI=1S/C13H27NO/c1-5-7-12(10-14-13(2,3)4)15-11-8-6-9-11/h11-12,14H,5-10H2,1-4H3. The topological polar surface area (TPSA) is 21.3 Å². The summed E-state index contributed by atoms with van der Waals surface area (Å²) in [6.45, 7) is 9.85. The summed E-state index contributed by atoms with van der Waals surface area (Å²) < 4.78 is 6.06. The van der Waals surface area contributed by atoms with E-state index in [0.29, 0.717) is 12.2 Å². The minimum Gasteiger partial charge on any atom is -0.374 e. The molecule has 0 aromatic carbocycles. The molecular weight excluding hydrogens is 186 g/mol. The van der Waals surface area contributed by atoms with Crippen molar-refractivity contribution in [3.05, 3.63) is 0 Å². The van der Waals surface area contributed by atoms with Gasteiger partial charge in [0.15, 0.2) is 0 Å². The summed E-state index contributed by atoms with van der Waals surface area (Å²) in [4.78, 5) is 0. The van der Waals surface area contributed by atoms with Crippen molar-refractivity contribution in [2.75, 3.05) is 6.54 Å². The van der Waals surface area contributed by atoms with E-state index < -0.39 is 0 Å². The maximum atomic E-state index is 6.06. The van der Waals surface area contributed by atoms with Gasteiger partial charge in [-0.1, -0.05) is 13.3 Å². The predicted molar refractivity (Wildman–Crippen MR) is 65.2 cm³/mol. The molecule has 1 unspecified atom stereocenters. The van der Waals surface area contributed by atoms with Crippen LogP contribution in [0.15, 0.2) is 0 Å². The van der Waals surface area contributed by atoms with Crippen molar-refractivity contribution in [3.8, 4) is 0 Å². The predicted octanol–water partition coefficient (Wildman–Crippen LogP) is 3.11. The monoisotopic (exact) mass is 213 g/mol. The maximum Gasteiger partial charge on any atom is 0.0703 e. The van der Waals surface area contributed by atoms with Gasteiger partial charge in [0, 0.05) is 12.1 Å². The smallest absolute Gasteiger partial charge is 0.0703 e. The highest BCUT2D eigenvalue weighted by atomic mass is 16.5. The molecule has 1 aliphatic carbocycles. The van der Waals surface area contributed by atoms with Crippen molar-refractivity contribution in [1.29, 1.82) is 0 Å². The molecule has 0 aromatic rings. The van der Waals surface area contributed by atoms with Gasteiger partial charge in [-0.25, -0.2) is 0 Å². The van der Waals surface area contributed by atoms with Crippen molar-refractivity contribution in [1.82, 2.24) is 5.32 Å². The second kappa shape index (κ2) is 5.86. The molecule has 1 N–H and O–H groups in total. The van der Waals surface area contributed by atoms with E-state index in [1.54, 1.807) is 0 Å². The number of ether oxygens (including phenoxy) is 1. The molecule has 15 heavy (non-hydrogen) atoms. The second-order valence-corrected chi connectivity index (χ2v) is 5.73.